The summed E-state index contributed by atoms with van der Waals surface area (Å²) in [6.07, 6.45) is 0.808. The Morgan fingerprint density at radius 3 is 2.53 bits per heavy atom. The van der Waals surface area contributed by atoms with Crippen LogP contribution in [-0.4, -0.2) is 42.0 Å². The minimum atomic E-state index is -0.424. The van der Waals surface area contributed by atoms with Crippen LogP contribution >= 0.6 is 12.2 Å². The highest BCUT2D eigenvalue weighted by Crippen LogP contribution is 2.36. The zero-order chi connectivity index (χ0) is 22.8. The van der Waals surface area contributed by atoms with Gasteiger partial charge in [0.1, 0.15) is 17.4 Å². The summed E-state index contributed by atoms with van der Waals surface area (Å²) in [5, 5.41) is 13.3. The van der Waals surface area contributed by atoms with Gasteiger partial charge in [0.2, 0.25) is 5.88 Å². The van der Waals surface area contributed by atoms with Crippen LogP contribution in [0, 0.1) is 4.77 Å². The molecule has 1 aliphatic heterocycles. The molecular formula is C23H26N3O5S+. The van der Waals surface area contributed by atoms with E-state index in [1.165, 1.54) is 4.57 Å². The molecule has 2 aromatic carbocycles. The van der Waals surface area contributed by atoms with Gasteiger partial charge in [0.25, 0.3) is 5.56 Å². The molecule has 0 spiro atoms. The molecule has 0 amide bonds. The van der Waals surface area contributed by atoms with Crippen LogP contribution in [0.2, 0.25) is 0 Å². The van der Waals surface area contributed by atoms with Crippen LogP contribution in [0.1, 0.15) is 29.7 Å². The van der Waals surface area contributed by atoms with Gasteiger partial charge in [0.05, 0.1) is 33.1 Å². The number of nitrogens with one attached hydrogen (secondary N) is 1. The number of benzene rings is 2. The lowest BCUT2D eigenvalue weighted by atomic mass is 9.90. The predicted octanol–water partition coefficient (Wildman–Crippen LogP) is 2.23. The number of hydrogen-bond donors (Lipinski definition) is 3. The lowest BCUT2D eigenvalue weighted by Gasteiger charge is -2.26. The largest absolute Gasteiger partial charge is 0.494 e. The summed E-state index contributed by atoms with van der Waals surface area (Å²) in [7, 11) is 3.16. The van der Waals surface area contributed by atoms with Crippen LogP contribution in [0.5, 0.6) is 23.1 Å². The van der Waals surface area contributed by atoms with Crippen LogP contribution < -0.4 is 25.1 Å². The highest BCUT2D eigenvalue weighted by Gasteiger charge is 2.33. The van der Waals surface area contributed by atoms with Gasteiger partial charge in [0, 0.05) is 12.0 Å². The predicted molar refractivity (Wildman–Crippen MR) is 122 cm³/mol. The number of aromatic hydroxyl groups is 1. The van der Waals surface area contributed by atoms with Crippen molar-refractivity contribution in [3.63, 3.8) is 0 Å². The van der Waals surface area contributed by atoms with E-state index >= 15 is 0 Å². The minimum Gasteiger partial charge on any atom is -0.494 e. The first-order valence-corrected chi connectivity index (χ1v) is 10.8. The van der Waals surface area contributed by atoms with Crippen molar-refractivity contribution in [1.82, 2.24) is 9.55 Å². The fourth-order valence-electron chi connectivity index (χ4n) is 4.17. The number of rotatable bonds is 6. The number of aromatic nitrogens is 2. The molecule has 1 atom stereocenters. The zero-order valence-corrected chi connectivity index (χ0v) is 19.0. The molecule has 9 heteroatoms. The smallest absolute Gasteiger partial charge is 0.265 e. The summed E-state index contributed by atoms with van der Waals surface area (Å²) in [6, 6.07) is 10.5. The summed E-state index contributed by atoms with van der Waals surface area (Å²) in [5.74, 6) is 1.73. The van der Waals surface area contributed by atoms with E-state index in [-0.39, 0.29) is 16.2 Å². The monoisotopic (exact) mass is 456 g/mol. The lowest BCUT2D eigenvalue weighted by molar-refractivity contribution is -0.690. The van der Waals surface area contributed by atoms with E-state index in [0.717, 1.165) is 24.1 Å². The lowest BCUT2D eigenvalue weighted by Crippen LogP contribution is -2.87. The third-order valence-electron chi connectivity index (χ3n) is 5.63. The van der Waals surface area contributed by atoms with Gasteiger partial charge in [-0.3, -0.25) is 14.3 Å². The van der Waals surface area contributed by atoms with Crippen molar-refractivity contribution in [1.29, 1.82) is 0 Å². The summed E-state index contributed by atoms with van der Waals surface area (Å²) in [4.78, 5) is 15.7. The van der Waals surface area contributed by atoms with Crippen molar-refractivity contribution in [2.24, 2.45) is 0 Å². The Balaban J connectivity index is 1.87. The van der Waals surface area contributed by atoms with Gasteiger partial charge in [-0.15, -0.1) is 0 Å². The average molecular weight is 457 g/mol. The Bertz CT molecular complexity index is 1250. The highest BCUT2D eigenvalue weighted by atomic mass is 32.1. The van der Waals surface area contributed by atoms with E-state index in [1.54, 1.807) is 38.5 Å². The van der Waals surface area contributed by atoms with E-state index in [4.69, 9.17) is 26.4 Å². The van der Waals surface area contributed by atoms with E-state index < -0.39 is 11.6 Å². The van der Waals surface area contributed by atoms with Gasteiger partial charge in [-0.25, -0.2) is 0 Å². The van der Waals surface area contributed by atoms with Crippen LogP contribution in [0.15, 0.2) is 41.2 Å². The molecule has 1 aliphatic rings. The summed E-state index contributed by atoms with van der Waals surface area (Å²) >= 11 is 5.37. The molecule has 0 radical (unpaired) electrons. The summed E-state index contributed by atoms with van der Waals surface area (Å²) in [5.41, 5.74) is 2.38. The molecule has 4 rings (SSSR count). The van der Waals surface area contributed by atoms with Crippen molar-refractivity contribution < 1.29 is 24.6 Å². The quantitative estimate of drug-likeness (QED) is 0.492. The third kappa shape index (κ3) is 3.85. The van der Waals surface area contributed by atoms with Crippen molar-refractivity contribution in [2.75, 3.05) is 27.4 Å². The van der Waals surface area contributed by atoms with Crippen LogP contribution in [0.4, 0.5) is 0 Å². The third-order valence-corrected chi connectivity index (χ3v) is 5.92. The van der Waals surface area contributed by atoms with E-state index in [2.05, 4.69) is 4.98 Å². The normalized spacial score (nSPS) is 15.2. The Kier molecular flexibility index (Phi) is 6.20. The Morgan fingerprint density at radius 2 is 1.88 bits per heavy atom. The molecular weight excluding hydrogens is 430 g/mol. The fourth-order valence-corrected chi connectivity index (χ4v) is 4.45. The molecule has 1 aromatic heterocycles. The van der Waals surface area contributed by atoms with Gasteiger partial charge in [0.15, 0.2) is 16.3 Å². The average Bonchev–Trinajstić information content (AvgIpc) is 2.79. The van der Waals surface area contributed by atoms with Crippen molar-refractivity contribution in [3.05, 3.63) is 68.2 Å². The van der Waals surface area contributed by atoms with Crippen LogP contribution in [0.25, 0.3) is 5.69 Å². The van der Waals surface area contributed by atoms with Gasteiger partial charge < -0.3 is 24.6 Å². The van der Waals surface area contributed by atoms with Gasteiger partial charge in [-0.05, 0) is 61.1 Å². The Morgan fingerprint density at radius 1 is 1.19 bits per heavy atom. The minimum absolute atomic E-state index is 0.115. The first-order chi connectivity index (χ1) is 15.5. The number of fused-ring (bicyclic) bond motifs is 1. The molecule has 0 bridgehead atoms. The Labute approximate surface area is 190 Å². The molecule has 8 nitrogen and oxygen atoms in total. The highest BCUT2D eigenvalue weighted by molar-refractivity contribution is 7.71. The van der Waals surface area contributed by atoms with Crippen LogP contribution in [0.3, 0.4) is 0 Å². The second-order valence-corrected chi connectivity index (χ2v) is 7.80. The standard InChI is InChI=1S/C23H25N3O5S/c1-4-31-15-7-5-14(6-8-15)26-22(28)19(21(27)25-23(26)32)20-16-12-18(30-3)17(29-2)11-13(16)9-10-24-20/h5-8,11-12,20,24,28H,4,9-10H2,1-3H3,(H,25,27,32)/p+1/t20-/m0/s1. The van der Waals surface area contributed by atoms with Gasteiger partial charge in [-0.1, -0.05) is 0 Å². The second-order valence-electron chi connectivity index (χ2n) is 7.42. The molecule has 0 saturated carbocycles. The number of hydrogen-bond acceptors (Lipinski definition) is 6. The maximum absolute atomic E-state index is 13.0. The molecule has 32 heavy (non-hydrogen) atoms. The molecule has 0 saturated heterocycles. The number of H-pyrrole nitrogens is 1. The fraction of sp³-hybridized carbons (Fsp3) is 0.304. The van der Waals surface area contributed by atoms with Gasteiger partial charge >= 0.3 is 0 Å². The number of methoxy groups -OCH3 is 2. The second kappa shape index (κ2) is 9.05. The molecule has 0 aliphatic carbocycles. The Hall–Kier alpha value is -3.30. The maximum atomic E-state index is 13.0. The summed E-state index contributed by atoms with van der Waals surface area (Å²) < 4.78 is 18.0. The molecule has 4 N–H and O–H groups in total. The van der Waals surface area contributed by atoms with Crippen molar-refractivity contribution in [2.45, 2.75) is 19.4 Å². The van der Waals surface area contributed by atoms with Gasteiger partial charge in [-0.2, -0.15) is 0 Å². The van der Waals surface area contributed by atoms with Crippen molar-refractivity contribution in [3.8, 4) is 28.8 Å². The number of nitrogens with two attached hydrogens (primary N) is 1. The number of nitrogens with zero attached hydrogens (tertiary/aromatic N) is 1. The van der Waals surface area contributed by atoms with E-state index in [1.807, 2.05) is 24.4 Å². The molecule has 3 aromatic rings. The van der Waals surface area contributed by atoms with E-state index in [0.29, 0.717) is 29.5 Å². The number of quaternary nitrogens is 1. The first-order valence-electron chi connectivity index (χ1n) is 10.4. The molecule has 168 valence electrons. The maximum Gasteiger partial charge on any atom is 0.265 e. The van der Waals surface area contributed by atoms with Crippen LogP contribution in [-0.2, 0) is 6.42 Å². The van der Waals surface area contributed by atoms with Crippen molar-refractivity contribution >= 4 is 12.2 Å². The molecule has 0 fully saturated rings. The summed E-state index contributed by atoms with van der Waals surface area (Å²) in [6.45, 7) is 3.22. The number of aromatic amines is 1. The zero-order valence-electron chi connectivity index (χ0n) is 18.2. The van der Waals surface area contributed by atoms with E-state index in [9.17, 15) is 9.90 Å². The first kappa shape index (κ1) is 21.9. The SMILES string of the molecule is CCOc1ccc(-n2c(O)c([C@H]3[NH2+]CCc4cc(OC)c(OC)cc43)c(=O)[nH]c2=S)cc1. The number of ether oxygens (including phenoxy) is 3. The topological polar surface area (TPSA) is 102 Å². The molecule has 0 unspecified atom stereocenters. The molecule has 2 heterocycles.